The Labute approximate surface area is 41.2 Å². The number of nitrogens with one attached hydrogen (secondary N) is 1. The molecule has 0 atom stereocenters. The molecule has 0 bridgehead atoms. The minimum absolute atomic E-state index is 0.590. The van der Waals surface area contributed by atoms with Gasteiger partial charge in [-0.3, -0.25) is 0 Å². The fourth-order valence-corrected chi connectivity index (χ4v) is 0.327. The summed E-state index contributed by atoms with van der Waals surface area (Å²) in [7, 11) is 0. The molecule has 0 unspecified atom stereocenters. The van der Waals surface area contributed by atoms with Crippen LogP contribution in [0.3, 0.4) is 0 Å². The predicted molar refractivity (Wildman–Crippen MR) is 20.7 cm³/mol. The summed E-state index contributed by atoms with van der Waals surface area (Å²) in [5.74, 6) is 0. The van der Waals surface area contributed by atoms with E-state index < -0.39 is 0 Å². The molecule has 4 heteroatoms. The SMILES string of the molecule is C1CNOOOC1. The van der Waals surface area contributed by atoms with Gasteiger partial charge in [-0.15, -0.1) is 4.99 Å². The van der Waals surface area contributed by atoms with Gasteiger partial charge in [0.1, 0.15) is 0 Å². The van der Waals surface area contributed by atoms with Crippen LogP contribution in [0.2, 0.25) is 0 Å². The molecule has 0 aliphatic carbocycles. The largest absolute Gasteiger partial charge is 0.205 e. The zero-order chi connectivity index (χ0) is 4.95. The summed E-state index contributed by atoms with van der Waals surface area (Å²) in [6.45, 7) is 1.37. The van der Waals surface area contributed by atoms with E-state index in [-0.39, 0.29) is 0 Å². The smallest absolute Gasteiger partial charge is 0.0867 e. The molecule has 1 rings (SSSR count). The summed E-state index contributed by atoms with van der Waals surface area (Å²) in [6, 6.07) is 0. The van der Waals surface area contributed by atoms with Gasteiger partial charge in [0.25, 0.3) is 0 Å². The number of hydrogen-bond acceptors (Lipinski definition) is 4. The van der Waals surface area contributed by atoms with Crippen LogP contribution < -0.4 is 5.48 Å². The minimum Gasteiger partial charge on any atom is -0.205 e. The van der Waals surface area contributed by atoms with Crippen molar-refractivity contribution in [1.29, 1.82) is 0 Å². The van der Waals surface area contributed by atoms with E-state index in [1.165, 1.54) is 0 Å². The molecule has 0 aromatic carbocycles. The van der Waals surface area contributed by atoms with Crippen LogP contribution in [0.5, 0.6) is 0 Å². The Morgan fingerprint density at radius 3 is 3.43 bits per heavy atom. The molecule has 0 saturated carbocycles. The molecule has 7 heavy (non-hydrogen) atoms. The monoisotopic (exact) mass is 105 g/mol. The maximum Gasteiger partial charge on any atom is 0.0867 e. The van der Waals surface area contributed by atoms with E-state index in [0.29, 0.717) is 6.61 Å². The molecular weight excluding hydrogens is 98.0 g/mol. The molecule has 42 valence electrons. The molecule has 0 spiro atoms. The summed E-state index contributed by atoms with van der Waals surface area (Å²) in [4.78, 5) is 8.63. The van der Waals surface area contributed by atoms with E-state index in [0.717, 1.165) is 13.0 Å². The van der Waals surface area contributed by atoms with Crippen LogP contribution in [0.1, 0.15) is 6.42 Å². The maximum atomic E-state index is 4.41. The van der Waals surface area contributed by atoms with E-state index in [1.54, 1.807) is 0 Å². The Bertz CT molecular complexity index is 29.8. The topological polar surface area (TPSA) is 39.7 Å². The van der Waals surface area contributed by atoms with Crippen molar-refractivity contribution in [3.63, 3.8) is 0 Å². The van der Waals surface area contributed by atoms with Crippen LogP contribution in [-0.4, -0.2) is 13.2 Å². The van der Waals surface area contributed by atoms with Gasteiger partial charge in [-0.2, -0.15) is 5.48 Å². The third-order valence-corrected chi connectivity index (χ3v) is 0.648. The van der Waals surface area contributed by atoms with Crippen molar-refractivity contribution in [1.82, 2.24) is 5.48 Å². The van der Waals surface area contributed by atoms with Crippen molar-refractivity contribution in [2.45, 2.75) is 6.42 Å². The summed E-state index contributed by atoms with van der Waals surface area (Å²) >= 11 is 0. The lowest BCUT2D eigenvalue weighted by Gasteiger charge is -1.91. The van der Waals surface area contributed by atoms with Crippen LogP contribution in [0.4, 0.5) is 0 Å². The molecule has 0 aromatic rings. The Balaban J connectivity index is 2.04. The Morgan fingerprint density at radius 2 is 2.43 bits per heavy atom. The first-order chi connectivity index (χ1) is 3.50. The lowest BCUT2D eigenvalue weighted by Crippen LogP contribution is -2.11. The van der Waals surface area contributed by atoms with Crippen LogP contribution in [-0.2, 0) is 14.9 Å². The van der Waals surface area contributed by atoms with E-state index in [1.807, 2.05) is 0 Å². The normalized spacial score (nSPS) is 24.0. The number of hydrogen-bond donors (Lipinski definition) is 1. The number of rotatable bonds is 0. The average molecular weight is 105 g/mol. The van der Waals surface area contributed by atoms with Gasteiger partial charge in [0, 0.05) is 6.54 Å². The highest BCUT2D eigenvalue weighted by Gasteiger charge is 1.95. The molecule has 1 aliphatic rings. The van der Waals surface area contributed by atoms with Gasteiger partial charge in [0.2, 0.25) is 0 Å². The van der Waals surface area contributed by atoms with Crippen LogP contribution >= 0.6 is 0 Å². The van der Waals surface area contributed by atoms with Gasteiger partial charge < -0.3 is 0 Å². The zero-order valence-electron chi connectivity index (χ0n) is 3.85. The maximum absolute atomic E-state index is 4.41. The second-order valence-electron chi connectivity index (χ2n) is 1.22. The van der Waals surface area contributed by atoms with Crippen LogP contribution in [0, 0.1) is 0 Å². The third-order valence-electron chi connectivity index (χ3n) is 0.648. The van der Waals surface area contributed by atoms with Crippen molar-refractivity contribution < 1.29 is 14.9 Å². The highest BCUT2D eigenvalue weighted by molar-refractivity contribution is 4.33. The summed E-state index contributed by atoms with van der Waals surface area (Å²) in [6.07, 6.45) is 0.917. The van der Waals surface area contributed by atoms with Gasteiger partial charge >= 0.3 is 0 Å². The van der Waals surface area contributed by atoms with Gasteiger partial charge in [0.05, 0.1) is 6.61 Å². The van der Waals surface area contributed by atoms with Crippen molar-refractivity contribution in [3.8, 4) is 0 Å². The first kappa shape index (κ1) is 4.99. The molecule has 4 nitrogen and oxygen atoms in total. The van der Waals surface area contributed by atoms with E-state index in [2.05, 4.69) is 20.4 Å². The van der Waals surface area contributed by atoms with Crippen molar-refractivity contribution in [3.05, 3.63) is 0 Å². The molecule has 1 saturated heterocycles. The molecule has 1 heterocycles. The van der Waals surface area contributed by atoms with Gasteiger partial charge in [-0.1, -0.05) is 0 Å². The van der Waals surface area contributed by atoms with Gasteiger partial charge in [-0.25, -0.2) is 4.89 Å². The Hall–Kier alpha value is -0.160. The lowest BCUT2D eigenvalue weighted by atomic mass is 10.5. The Kier molecular flexibility index (Phi) is 2.08. The highest BCUT2D eigenvalue weighted by Crippen LogP contribution is 1.87. The van der Waals surface area contributed by atoms with Crippen LogP contribution in [0.25, 0.3) is 0 Å². The standard InChI is InChI=1S/C3H7NO3/c1-2-4-6-7-5-3-1/h4H,1-3H2. The minimum atomic E-state index is 0.590. The van der Waals surface area contributed by atoms with Gasteiger partial charge in [0.15, 0.2) is 0 Å². The molecule has 0 radical (unpaired) electrons. The fourth-order valence-electron chi connectivity index (χ4n) is 0.327. The third kappa shape index (κ3) is 1.84. The van der Waals surface area contributed by atoms with Crippen molar-refractivity contribution in [2.75, 3.05) is 13.2 Å². The van der Waals surface area contributed by atoms with Crippen LogP contribution in [0.15, 0.2) is 0 Å². The first-order valence-corrected chi connectivity index (χ1v) is 2.18. The zero-order valence-corrected chi connectivity index (χ0v) is 3.85. The van der Waals surface area contributed by atoms with Crippen molar-refractivity contribution in [2.24, 2.45) is 0 Å². The fraction of sp³-hybridized carbons (Fsp3) is 1.00. The van der Waals surface area contributed by atoms with E-state index >= 15 is 0 Å². The molecule has 1 fully saturated rings. The summed E-state index contributed by atoms with van der Waals surface area (Å²) in [5, 5.41) is 4.08. The predicted octanol–water partition coefficient (Wildman–Crippen LogP) is -0.225. The number of hydroxylamine groups is 1. The molecule has 1 aliphatic heterocycles. The van der Waals surface area contributed by atoms with E-state index in [4.69, 9.17) is 0 Å². The van der Waals surface area contributed by atoms with Gasteiger partial charge in [-0.05, 0) is 11.5 Å². The summed E-state index contributed by atoms with van der Waals surface area (Å²) in [5.41, 5.74) is 2.50. The molecular formula is C3H7NO3. The second-order valence-corrected chi connectivity index (χ2v) is 1.22. The second kappa shape index (κ2) is 2.92. The molecule has 0 aromatic heterocycles. The molecule has 0 amide bonds. The summed E-state index contributed by atoms with van der Waals surface area (Å²) < 4.78 is 0. The Morgan fingerprint density at radius 1 is 1.43 bits per heavy atom. The average Bonchev–Trinajstić information content (AvgIpc) is 1.90. The lowest BCUT2D eigenvalue weighted by molar-refractivity contribution is -0.525. The first-order valence-electron chi connectivity index (χ1n) is 2.18. The highest BCUT2D eigenvalue weighted by atomic mass is 17.5. The quantitative estimate of drug-likeness (QED) is 0.432. The molecule has 1 N–H and O–H groups in total. The van der Waals surface area contributed by atoms with E-state index in [9.17, 15) is 0 Å². The van der Waals surface area contributed by atoms with Crippen molar-refractivity contribution >= 4 is 0 Å².